The Bertz CT molecular complexity index is 345. The zero-order valence-corrected chi connectivity index (χ0v) is 11.2. The fourth-order valence-electron chi connectivity index (χ4n) is 1.57. The van der Waals surface area contributed by atoms with Crippen molar-refractivity contribution in [2.45, 2.75) is 26.2 Å². The number of rotatable bonds is 9. The van der Waals surface area contributed by atoms with Gasteiger partial charge in [0.05, 0.1) is 12.3 Å². The van der Waals surface area contributed by atoms with Gasteiger partial charge in [-0.15, -0.1) is 0 Å². The normalized spacial score (nSPS) is 10.3. The van der Waals surface area contributed by atoms with Gasteiger partial charge in [-0.1, -0.05) is 0 Å². The zero-order chi connectivity index (χ0) is 13.2. The molecule has 0 aliphatic heterocycles. The van der Waals surface area contributed by atoms with Crippen LogP contribution in [0.2, 0.25) is 0 Å². The van der Waals surface area contributed by atoms with Crippen LogP contribution in [-0.4, -0.2) is 31.9 Å². The summed E-state index contributed by atoms with van der Waals surface area (Å²) in [6.45, 7) is 4.20. The molecule has 0 radical (unpaired) electrons. The molecule has 102 valence electrons. The van der Waals surface area contributed by atoms with Crippen LogP contribution in [0.25, 0.3) is 0 Å². The van der Waals surface area contributed by atoms with Crippen molar-refractivity contribution in [2.24, 2.45) is 0 Å². The van der Waals surface area contributed by atoms with Crippen molar-refractivity contribution in [1.29, 1.82) is 0 Å². The van der Waals surface area contributed by atoms with E-state index in [0.717, 1.165) is 38.2 Å². The molecule has 0 unspecified atom stereocenters. The first-order chi connectivity index (χ1) is 8.77. The average Bonchev–Trinajstić information content (AvgIpc) is 2.37. The van der Waals surface area contributed by atoms with Gasteiger partial charge in [0.1, 0.15) is 5.82 Å². The molecule has 0 spiro atoms. The molecule has 1 aromatic rings. The summed E-state index contributed by atoms with van der Waals surface area (Å²) >= 11 is 0. The number of nitrogens with two attached hydrogens (primary N) is 1. The van der Waals surface area contributed by atoms with Crippen LogP contribution in [0.3, 0.4) is 0 Å². The van der Waals surface area contributed by atoms with Gasteiger partial charge in [0.15, 0.2) is 0 Å². The van der Waals surface area contributed by atoms with E-state index >= 15 is 0 Å². The quantitative estimate of drug-likeness (QED) is 0.661. The Labute approximate surface area is 109 Å². The van der Waals surface area contributed by atoms with Gasteiger partial charge < -0.3 is 20.5 Å². The van der Waals surface area contributed by atoms with Crippen LogP contribution in [-0.2, 0) is 4.74 Å². The van der Waals surface area contributed by atoms with Crippen LogP contribution < -0.4 is 15.8 Å². The smallest absolute Gasteiger partial charge is 0.239 e. The number of aromatic nitrogens is 1. The van der Waals surface area contributed by atoms with Crippen molar-refractivity contribution in [1.82, 2.24) is 4.98 Å². The van der Waals surface area contributed by atoms with E-state index in [0.29, 0.717) is 18.2 Å². The minimum atomic E-state index is 0.502. The summed E-state index contributed by atoms with van der Waals surface area (Å²) in [5.74, 6) is 1.31. The number of hydrogen-bond donors (Lipinski definition) is 2. The van der Waals surface area contributed by atoms with Crippen molar-refractivity contribution in [2.75, 3.05) is 37.9 Å². The Morgan fingerprint density at radius 2 is 2.11 bits per heavy atom. The van der Waals surface area contributed by atoms with Crippen LogP contribution in [0.5, 0.6) is 5.88 Å². The first kappa shape index (κ1) is 14.6. The lowest BCUT2D eigenvalue weighted by molar-refractivity contribution is 0.192. The van der Waals surface area contributed by atoms with Gasteiger partial charge in [0, 0.05) is 20.3 Å². The largest absolute Gasteiger partial charge is 0.476 e. The molecule has 0 aliphatic rings. The number of nitrogen functional groups attached to an aromatic ring is 1. The molecule has 1 rings (SSSR count). The van der Waals surface area contributed by atoms with Crippen molar-refractivity contribution < 1.29 is 9.47 Å². The van der Waals surface area contributed by atoms with Crippen LogP contribution in [0.4, 0.5) is 11.5 Å². The van der Waals surface area contributed by atoms with E-state index < -0.39 is 0 Å². The van der Waals surface area contributed by atoms with Gasteiger partial charge >= 0.3 is 0 Å². The van der Waals surface area contributed by atoms with Gasteiger partial charge in [-0.25, -0.2) is 0 Å². The predicted octanol–water partition coefficient (Wildman–Crippen LogP) is 2.29. The fraction of sp³-hybridized carbons (Fsp3) is 0.615. The Kier molecular flexibility index (Phi) is 6.94. The first-order valence-electron chi connectivity index (χ1n) is 6.40. The summed E-state index contributed by atoms with van der Waals surface area (Å²) in [6, 6.07) is 3.68. The highest BCUT2D eigenvalue weighted by molar-refractivity contribution is 5.53. The number of nitrogens with zero attached hydrogens (tertiary/aromatic N) is 1. The SMILES string of the molecule is CCOc1nc(NCCCCCOC)ccc1N. The third-order valence-corrected chi connectivity index (χ3v) is 2.50. The molecule has 5 heteroatoms. The number of unbranched alkanes of at least 4 members (excludes halogenated alkanes) is 2. The highest BCUT2D eigenvalue weighted by Crippen LogP contribution is 2.20. The van der Waals surface area contributed by atoms with Crippen LogP contribution in [0, 0.1) is 0 Å². The third kappa shape index (κ3) is 5.23. The van der Waals surface area contributed by atoms with Crippen LogP contribution >= 0.6 is 0 Å². The second-order valence-corrected chi connectivity index (χ2v) is 4.00. The minimum absolute atomic E-state index is 0.502. The molecule has 5 nitrogen and oxygen atoms in total. The summed E-state index contributed by atoms with van der Waals surface area (Å²) in [7, 11) is 1.73. The maximum Gasteiger partial charge on any atom is 0.239 e. The molecular weight excluding hydrogens is 230 g/mol. The average molecular weight is 253 g/mol. The number of ether oxygens (including phenoxy) is 2. The maximum absolute atomic E-state index is 5.76. The molecule has 0 fully saturated rings. The monoisotopic (exact) mass is 253 g/mol. The summed E-state index contributed by atoms with van der Waals surface area (Å²) in [5.41, 5.74) is 6.33. The summed E-state index contributed by atoms with van der Waals surface area (Å²) in [4.78, 5) is 4.31. The minimum Gasteiger partial charge on any atom is -0.476 e. The zero-order valence-electron chi connectivity index (χ0n) is 11.2. The molecular formula is C13H23N3O2. The van der Waals surface area contributed by atoms with Crippen molar-refractivity contribution in [3.8, 4) is 5.88 Å². The third-order valence-electron chi connectivity index (χ3n) is 2.50. The second kappa shape index (κ2) is 8.58. The molecule has 0 aromatic carbocycles. The molecule has 0 atom stereocenters. The van der Waals surface area contributed by atoms with Gasteiger partial charge in [0.2, 0.25) is 5.88 Å². The maximum atomic E-state index is 5.76. The molecule has 18 heavy (non-hydrogen) atoms. The summed E-state index contributed by atoms with van der Waals surface area (Å²) in [6.07, 6.45) is 3.34. The van der Waals surface area contributed by atoms with Gasteiger partial charge in [-0.05, 0) is 38.3 Å². The van der Waals surface area contributed by atoms with Crippen molar-refractivity contribution in [3.63, 3.8) is 0 Å². The number of nitrogens with one attached hydrogen (secondary N) is 1. The van der Waals surface area contributed by atoms with Gasteiger partial charge in [-0.3, -0.25) is 0 Å². The van der Waals surface area contributed by atoms with E-state index in [9.17, 15) is 0 Å². The van der Waals surface area contributed by atoms with E-state index in [4.69, 9.17) is 15.2 Å². The van der Waals surface area contributed by atoms with E-state index in [1.807, 2.05) is 19.1 Å². The lowest BCUT2D eigenvalue weighted by Gasteiger charge is -2.09. The van der Waals surface area contributed by atoms with E-state index in [-0.39, 0.29) is 0 Å². The summed E-state index contributed by atoms with van der Waals surface area (Å²) < 4.78 is 10.3. The van der Waals surface area contributed by atoms with Gasteiger partial charge in [0.25, 0.3) is 0 Å². The van der Waals surface area contributed by atoms with E-state index in [1.165, 1.54) is 0 Å². The Hall–Kier alpha value is -1.49. The number of methoxy groups -OCH3 is 1. The van der Waals surface area contributed by atoms with E-state index in [2.05, 4.69) is 10.3 Å². The first-order valence-corrected chi connectivity index (χ1v) is 6.40. The molecule has 0 saturated carbocycles. The number of pyridine rings is 1. The number of anilines is 2. The fourth-order valence-corrected chi connectivity index (χ4v) is 1.57. The Morgan fingerprint density at radius 3 is 2.83 bits per heavy atom. The second-order valence-electron chi connectivity index (χ2n) is 4.00. The Morgan fingerprint density at radius 1 is 1.28 bits per heavy atom. The molecule has 3 N–H and O–H groups in total. The highest BCUT2D eigenvalue weighted by atomic mass is 16.5. The van der Waals surface area contributed by atoms with E-state index in [1.54, 1.807) is 7.11 Å². The van der Waals surface area contributed by atoms with Crippen molar-refractivity contribution >= 4 is 11.5 Å². The molecule has 0 bridgehead atoms. The standard InChI is InChI=1S/C13H23N3O2/c1-3-18-13-11(14)7-8-12(16-13)15-9-5-4-6-10-17-2/h7-8H,3-6,9-10,14H2,1-2H3,(H,15,16). The van der Waals surface area contributed by atoms with Gasteiger partial charge in [-0.2, -0.15) is 4.98 Å². The number of hydrogen-bond acceptors (Lipinski definition) is 5. The molecule has 1 aromatic heterocycles. The molecule has 1 heterocycles. The lowest BCUT2D eigenvalue weighted by Crippen LogP contribution is -2.06. The van der Waals surface area contributed by atoms with Crippen LogP contribution in [0.15, 0.2) is 12.1 Å². The summed E-state index contributed by atoms with van der Waals surface area (Å²) in [5, 5.41) is 3.26. The molecule has 0 aliphatic carbocycles. The van der Waals surface area contributed by atoms with Crippen LogP contribution in [0.1, 0.15) is 26.2 Å². The Balaban J connectivity index is 2.31. The highest BCUT2D eigenvalue weighted by Gasteiger charge is 2.03. The van der Waals surface area contributed by atoms with Crippen molar-refractivity contribution in [3.05, 3.63) is 12.1 Å². The predicted molar refractivity (Wildman–Crippen MR) is 74.0 cm³/mol. The topological polar surface area (TPSA) is 69.4 Å². The molecule has 0 saturated heterocycles. The lowest BCUT2D eigenvalue weighted by atomic mass is 10.2. The molecule has 0 amide bonds.